The second-order valence-electron chi connectivity index (χ2n) is 11.5. The summed E-state index contributed by atoms with van der Waals surface area (Å²) in [5.74, 6) is -12.7. The number of aliphatic carboxylic acids is 8. The van der Waals surface area contributed by atoms with Crippen LogP contribution in [0, 0.1) is 0 Å². The summed E-state index contributed by atoms with van der Waals surface area (Å²) in [4.78, 5) is 122. The average molecular weight is 994 g/mol. The summed E-state index contributed by atoms with van der Waals surface area (Å²) < 4.78 is 10.2. The van der Waals surface area contributed by atoms with Crippen molar-refractivity contribution < 1.29 is 94.3 Å². The predicted molar refractivity (Wildman–Crippen MR) is 178 cm³/mol. The van der Waals surface area contributed by atoms with Gasteiger partial charge in [0.15, 0.2) is 0 Å². The van der Waals surface area contributed by atoms with E-state index in [9.17, 15) is 47.9 Å². The molecule has 0 rings (SSSR count). The van der Waals surface area contributed by atoms with Crippen molar-refractivity contribution in [2.75, 3.05) is 118 Å². The molecule has 0 atom stereocenters. The number of hydrogen-bond donors (Lipinski definition) is 8. The van der Waals surface area contributed by atoms with Crippen molar-refractivity contribution in [3.8, 4) is 0 Å². The molecule has 0 saturated heterocycles. The van der Waals surface area contributed by atoms with E-state index in [1.54, 1.807) is 0 Å². The Kier molecular flexibility index (Phi) is 25.5. The van der Waals surface area contributed by atoms with Crippen LogP contribution in [0.5, 0.6) is 0 Å². The van der Waals surface area contributed by atoms with E-state index in [0.29, 0.717) is 0 Å². The Bertz CT molecular complexity index is 1110. The molecule has 0 radical (unpaired) electrons. The maximum absolute atomic E-state index is 12.7. The second-order valence-corrected chi connectivity index (χ2v) is 13.3. The van der Waals surface area contributed by atoms with Gasteiger partial charge in [-0.25, -0.2) is 0 Å². The van der Waals surface area contributed by atoms with Crippen LogP contribution in [0.2, 0.25) is 0 Å². The Balaban J connectivity index is 5.69. The van der Waals surface area contributed by atoms with Crippen molar-refractivity contribution in [2.24, 2.45) is 0 Å². The SMILES string of the molecule is O=C(O)CN(CCN(CCN(CC(=O)O)CC(=O)O)CC(=O)[O][Po][O]C(=O)CN(CCN(CC(=O)O)CC(=O)O)CCN(CC(=O)O)CC(=O)O)CC(=O)O. The standard InChI is InChI=1S/2C14H23N3O10.Po/c2*18-10(19)5-15(1-3-16(6-11(20)21)7-12(22)23)2-4-17(8-13(24)25)9-14(26)27;/h2*1-9H2,(H,18,19)(H,20,21)(H,22,23)(H,24,25)(H,26,27);/q;;+2/p-2. The Morgan fingerprint density at radius 1 is 0.291 bits per heavy atom. The summed E-state index contributed by atoms with van der Waals surface area (Å²) in [7, 11) is 0. The van der Waals surface area contributed by atoms with E-state index in [1.165, 1.54) is 9.80 Å². The fourth-order valence-corrected chi connectivity index (χ4v) is 5.70. The van der Waals surface area contributed by atoms with Crippen molar-refractivity contribution in [1.82, 2.24) is 29.4 Å². The van der Waals surface area contributed by atoms with Crippen LogP contribution in [0.4, 0.5) is 0 Å². The van der Waals surface area contributed by atoms with Gasteiger partial charge in [0, 0.05) is 0 Å². The first kappa shape index (κ1) is 50.4. The van der Waals surface area contributed by atoms with Crippen LogP contribution in [0.15, 0.2) is 0 Å². The minimum atomic E-state index is -2.72. The Morgan fingerprint density at radius 2 is 0.455 bits per heavy atom. The summed E-state index contributed by atoms with van der Waals surface area (Å²) in [6, 6.07) is 0. The maximum atomic E-state index is 12.7. The van der Waals surface area contributed by atoms with E-state index < -0.39 is 150 Å². The molecule has 0 aliphatic carbocycles. The van der Waals surface area contributed by atoms with Gasteiger partial charge in [-0.3, -0.25) is 0 Å². The summed E-state index contributed by atoms with van der Waals surface area (Å²) in [5, 5.41) is 72.9. The molecule has 0 unspecified atom stereocenters. The number of carboxylic acid groups (broad SMARTS) is 8. The van der Waals surface area contributed by atoms with Crippen LogP contribution in [-0.4, -0.2) is 272 Å². The number of nitrogens with zero attached hydrogens (tertiary/aromatic N) is 6. The number of rotatable bonds is 34. The zero-order chi connectivity index (χ0) is 42.1. The summed E-state index contributed by atoms with van der Waals surface area (Å²) in [5.41, 5.74) is 0. The summed E-state index contributed by atoms with van der Waals surface area (Å²) >= 11 is -2.72. The summed E-state index contributed by atoms with van der Waals surface area (Å²) in [6.45, 7) is -8.00. The van der Waals surface area contributed by atoms with Gasteiger partial charge in [0.25, 0.3) is 0 Å². The Morgan fingerprint density at radius 3 is 0.618 bits per heavy atom. The minimum absolute atomic E-state index is 0.162. The first-order valence-electron chi connectivity index (χ1n) is 15.8. The fraction of sp³-hybridized carbons (Fsp3) is 0.643. The van der Waals surface area contributed by atoms with Gasteiger partial charge in [-0.15, -0.1) is 0 Å². The second kappa shape index (κ2) is 27.9. The van der Waals surface area contributed by atoms with Crippen molar-refractivity contribution in [3.63, 3.8) is 0 Å². The zero-order valence-corrected chi connectivity index (χ0v) is 32.5. The molecule has 26 nitrogen and oxygen atoms in total. The van der Waals surface area contributed by atoms with Crippen molar-refractivity contribution >= 4 is 84.1 Å². The van der Waals surface area contributed by atoms with E-state index in [0.717, 1.165) is 19.6 Å². The molecule has 27 heteroatoms. The monoisotopic (exact) mass is 993 g/mol. The normalized spacial score (nSPS) is 11.3. The molecule has 0 aromatic carbocycles. The molecule has 0 heterocycles. The number of hydrogen-bond acceptors (Lipinski definition) is 18. The molecule has 0 aromatic heterocycles. The van der Waals surface area contributed by atoms with Gasteiger partial charge in [0.1, 0.15) is 0 Å². The molecule has 0 aliphatic heterocycles. The number of carbonyl (C=O) groups excluding carboxylic acids is 2. The third kappa shape index (κ3) is 29.4. The van der Waals surface area contributed by atoms with Gasteiger partial charge >= 0.3 is 326 Å². The predicted octanol–water partition coefficient (Wildman–Crippen LogP) is -5.90. The Labute approximate surface area is 325 Å². The molecule has 8 N–H and O–H groups in total. The molecule has 0 spiro atoms. The van der Waals surface area contributed by atoms with Crippen LogP contribution in [0.1, 0.15) is 0 Å². The fourth-order valence-electron chi connectivity index (χ4n) is 4.57. The molecule has 0 amide bonds. The van der Waals surface area contributed by atoms with Gasteiger partial charge in [0.2, 0.25) is 0 Å². The van der Waals surface area contributed by atoms with Gasteiger partial charge in [-0.1, -0.05) is 0 Å². The van der Waals surface area contributed by atoms with Crippen molar-refractivity contribution in [1.29, 1.82) is 0 Å². The third-order valence-corrected chi connectivity index (χ3v) is 8.73. The van der Waals surface area contributed by atoms with Crippen LogP contribution >= 0.6 is 0 Å². The number of carbonyl (C=O) groups is 10. The molecular formula is C28H44N6O20Po. The molecule has 55 heavy (non-hydrogen) atoms. The van der Waals surface area contributed by atoms with Crippen molar-refractivity contribution in [2.45, 2.75) is 0 Å². The summed E-state index contributed by atoms with van der Waals surface area (Å²) in [6.07, 6.45) is 0. The molecule has 0 fully saturated rings. The quantitative estimate of drug-likeness (QED) is 0.0298. The van der Waals surface area contributed by atoms with E-state index in [2.05, 4.69) is 0 Å². The van der Waals surface area contributed by atoms with Gasteiger partial charge in [-0.05, 0) is 0 Å². The average Bonchev–Trinajstić information content (AvgIpc) is 3.00. The van der Waals surface area contributed by atoms with Gasteiger partial charge in [-0.2, -0.15) is 0 Å². The van der Waals surface area contributed by atoms with E-state index in [-0.39, 0.29) is 52.4 Å². The van der Waals surface area contributed by atoms with Crippen LogP contribution in [-0.2, 0) is 53.5 Å². The molecule has 312 valence electrons. The molecule has 0 aromatic rings. The third-order valence-electron chi connectivity index (χ3n) is 6.76. The van der Waals surface area contributed by atoms with Gasteiger partial charge < -0.3 is 0 Å². The zero-order valence-electron chi connectivity index (χ0n) is 29.3. The van der Waals surface area contributed by atoms with E-state index >= 15 is 0 Å². The molecule has 0 aliphatic rings. The van der Waals surface area contributed by atoms with Gasteiger partial charge in [0.05, 0.1) is 0 Å². The molecule has 0 saturated carbocycles. The van der Waals surface area contributed by atoms with E-state index in [1.807, 2.05) is 0 Å². The van der Waals surface area contributed by atoms with Crippen molar-refractivity contribution in [3.05, 3.63) is 0 Å². The van der Waals surface area contributed by atoms with Crippen LogP contribution in [0.3, 0.4) is 0 Å². The first-order chi connectivity index (χ1) is 25.6. The van der Waals surface area contributed by atoms with E-state index in [4.69, 9.17) is 46.4 Å². The molecule has 0 bridgehead atoms. The first-order valence-corrected chi connectivity index (χ1v) is 18.4. The molecular weight excluding hydrogens is 949 g/mol. The Hall–Kier alpha value is -4.64. The van der Waals surface area contributed by atoms with Crippen LogP contribution in [0.25, 0.3) is 0 Å². The number of carboxylic acids is 8. The van der Waals surface area contributed by atoms with Crippen LogP contribution < -0.4 is 0 Å². The topological polar surface area (TPSA) is 370 Å².